The predicted octanol–water partition coefficient (Wildman–Crippen LogP) is 4.85. The maximum atomic E-state index is 14.0. The van der Waals surface area contributed by atoms with Gasteiger partial charge in [0.05, 0.1) is 35.0 Å². The van der Waals surface area contributed by atoms with E-state index < -0.39 is 53.3 Å². The summed E-state index contributed by atoms with van der Waals surface area (Å²) in [5.41, 5.74) is 1.10. The average molecular weight is 730 g/mol. The van der Waals surface area contributed by atoms with Gasteiger partial charge in [0.2, 0.25) is 11.8 Å². The highest BCUT2D eigenvalue weighted by molar-refractivity contribution is 7.10. The van der Waals surface area contributed by atoms with Crippen molar-refractivity contribution in [3.8, 4) is 0 Å². The van der Waals surface area contributed by atoms with Crippen LogP contribution in [0.1, 0.15) is 53.7 Å². The van der Waals surface area contributed by atoms with Gasteiger partial charge in [0.25, 0.3) is 0 Å². The number of likely N-dealkylation sites (tertiary alicyclic amines) is 2. The third kappa shape index (κ3) is 7.99. The zero-order chi connectivity index (χ0) is 35.8. The highest BCUT2D eigenvalue weighted by atomic mass is 32.1. The predicted molar refractivity (Wildman–Crippen MR) is 175 cm³/mol. The van der Waals surface area contributed by atoms with E-state index in [4.69, 9.17) is 5.73 Å². The van der Waals surface area contributed by atoms with Gasteiger partial charge in [0.1, 0.15) is 0 Å². The molecular weight excluding hydrogens is 688 g/mol. The number of fused-ring (bicyclic) bond motifs is 1. The Hall–Kier alpha value is -3.57. The second kappa shape index (κ2) is 14.6. The van der Waals surface area contributed by atoms with Gasteiger partial charge in [-0.2, -0.15) is 26.3 Å². The minimum Gasteiger partial charge on any atom is -0.398 e. The molecule has 4 amide bonds. The second-order valence-electron chi connectivity index (χ2n) is 13.5. The van der Waals surface area contributed by atoms with Gasteiger partial charge in [0, 0.05) is 75.7 Å². The number of benzene rings is 1. The van der Waals surface area contributed by atoms with Crippen molar-refractivity contribution < 1.29 is 40.7 Å². The van der Waals surface area contributed by atoms with Gasteiger partial charge in [-0.25, -0.2) is 4.79 Å². The molecule has 1 atom stereocenters. The highest BCUT2D eigenvalue weighted by Crippen LogP contribution is 2.42. The Kier molecular flexibility index (Phi) is 10.6. The lowest BCUT2D eigenvalue weighted by Gasteiger charge is -2.41. The quantitative estimate of drug-likeness (QED) is 0.278. The maximum Gasteiger partial charge on any atom is 0.418 e. The number of nitrogen functional groups attached to an aromatic ring is 1. The summed E-state index contributed by atoms with van der Waals surface area (Å²) < 4.78 is 83.1. The number of amides is 4. The number of nitrogens with two attached hydrogens (primary N) is 1. The number of piperazine rings is 1. The van der Waals surface area contributed by atoms with E-state index in [1.54, 1.807) is 26.0 Å². The van der Waals surface area contributed by atoms with Gasteiger partial charge in [-0.15, -0.1) is 11.3 Å². The molecule has 1 aromatic heterocycles. The molecule has 0 spiro atoms. The summed E-state index contributed by atoms with van der Waals surface area (Å²) in [5, 5.41) is 8.10. The van der Waals surface area contributed by atoms with Crippen LogP contribution in [0, 0.1) is 5.92 Å². The normalized spacial score (nSPS) is 20.8. The van der Waals surface area contributed by atoms with Gasteiger partial charge in [0.15, 0.2) is 0 Å². The Morgan fingerprint density at radius 2 is 1.46 bits per heavy atom. The van der Waals surface area contributed by atoms with Crippen LogP contribution in [0.5, 0.6) is 0 Å². The zero-order valence-corrected chi connectivity index (χ0v) is 28.2. The lowest BCUT2D eigenvalue weighted by Crippen LogP contribution is -2.53. The molecule has 0 unspecified atom stereocenters. The number of hydrogen-bond donors (Lipinski definition) is 3. The number of anilines is 2. The molecule has 2 aromatic rings. The van der Waals surface area contributed by atoms with Crippen molar-refractivity contribution in [1.82, 2.24) is 24.9 Å². The number of nitrogens with zero attached hydrogens (tertiary/aromatic N) is 4. The van der Waals surface area contributed by atoms with Gasteiger partial charge >= 0.3 is 18.4 Å². The van der Waals surface area contributed by atoms with Crippen LogP contribution in [0.3, 0.4) is 0 Å². The van der Waals surface area contributed by atoms with Crippen LogP contribution in [0.2, 0.25) is 0 Å². The minimum atomic E-state index is -5.16. The second-order valence-corrected chi connectivity index (χ2v) is 14.5. The Morgan fingerprint density at radius 1 is 0.880 bits per heavy atom. The summed E-state index contributed by atoms with van der Waals surface area (Å²) in [5.74, 6) is -2.07. The Balaban J connectivity index is 1.18. The van der Waals surface area contributed by atoms with Crippen molar-refractivity contribution >= 4 is 40.6 Å². The molecule has 4 aliphatic rings. The number of nitrogens with one attached hydrogen (secondary N) is 2. The van der Waals surface area contributed by atoms with Gasteiger partial charge in [-0.05, 0) is 61.2 Å². The monoisotopic (exact) mass is 729 g/mol. The van der Waals surface area contributed by atoms with E-state index in [9.17, 15) is 40.7 Å². The van der Waals surface area contributed by atoms with Crippen molar-refractivity contribution in [3.63, 3.8) is 0 Å². The van der Waals surface area contributed by atoms with E-state index in [1.807, 2.05) is 11.4 Å². The summed E-state index contributed by atoms with van der Waals surface area (Å²) in [6.07, 6.45) is -8.88. The lowest BCUT2D eigenvalue weighted by atomic mass is 9.90. The molecule has 0 radical (unpaired) electrons. The molecule has 0 bridgehead atoms. The molecule has 0 aliphatic carbocycles. The molecule has 17 heteroatoms. The number of halogens is 6. The fraction of sp³-hybridized carbons (Fsp3) is 0.606. The SMILES string of the molecule is Nc1c(C(F)(F)F)cc(C[C@@H](CC(=O)N2CCC(N3Cc4sccc4NC3=O)CC2)C(=O)N2CCC(N3CCNCC3)CC2)cc1C(F)(F)F. The highest BCUT2D eigenvalue weighted by Gasteiger charge is 2.42. The number of hydrogen-bond acceptors (Lipinski definition) is 7. The van der Waals surface area contributed by atoms with Crippen LogP contribution in [-0.4, -0.2) is 102 Å². The molecule has 3 saturated heterocycles. The molecule has 6 rings (SSSR count). The Bertz CT molecular complexity index is 1530. The number of rotatable bonds is 7. The number of thiophene rings is 1. The van der Waals surface area contributed by atoms with E-state index in [-0.39, 0.29) is 30.1 Å². The molecule has 0 saturated carbocycles. The molecule has 3 fully saturated rings. The summed E-state index contributed by atoms with van der Waals surface area (Å²) in [6.45, 7) is 5.27. The van der Waals surface area contributed by atoms with E-state index in [0.29, 0.717) is 70.5 Å². The number of alkyl halides is 6. The van der Waals surface area contributed by atoms with E-state index in [0.717, 1.165) is 36.7 Å². The number of carbonyl (C=O) groups is 3. The summed E-state index contributed by atoms with van der Waals surface area (Å²) >= 11 is 1.54. The zero-order valence-electron chi connectivity index (χ0n) is 27.4. The van der Waals surface area contributed by atoms with Crippen LogP contribution in [0.15, 0.2) is 23.6 Å². The van der Waals surface area contributed by atoms with Crippen molar-refractivity contribution in [2.24, 2.45) is 5.92 Å². The first-order valence-electron chi connectivity index (χ1n) is 16.9. The maximum absolute atomic E-state index is 14.0. The first-order chi connectivity index (χ1) is 23.7. The summed E-state index contributed by atoms with van der Waals surface area (Å²) in [4.78, 5) is 48.8. The van der Waals surface area contributed by atoms with E-state index in [2.05, 4.69) is 15.5 Å². The fourth-order valence-electron chi connectivity index (χ4n) is 7.64. The van der Waals surface area contributed by atoms with Crippen LogP contribution in [-0.2, 0) is 34.9 Å². The summed E-state index contributed by atoms with van der Waals surface area (Å²) in [7, 11) is 0. The topological polar surface area (TPSA) is 114 Å². The van der Waals surface area contributed by atoms with Crippen LogP contribution < -0.4 is 16.4 Å². The van der Waals surface area contributed by atoms with Crippen LogP contribution >= 0.6 is 11.3 Å². The van der Waals surface area contributed by atoms with Crippen molar-refractivity contribution in [3.05, 3.63) is 45.1 Å². The third-order valence-electron chi connectivity index (χ3n) is 10.4. The first-order valence-corrected chi connectivity index (χ1v) is 17.8. The molecule has 1 aromatic carbocycles. The summed E-state index contributed by atoms with van der Waals surface area (Å²) in [6, 6.07) is 2.88. The molecule has 4 aliphatic heterocycles. The first kappa shape index (κ1) is 36.2. The molecule has 50 heavy (non-hydrogen) atoms. The minimum absolute atomic E-state index is 0.125. The molecule has 5 heterocycles. The van der Waals surface area contributed by atoms with Gasteiger partial charge in [-0.1, -0.05) is 0 Å². The molecule has 10 nitrogen and oxygen atoms in total. The molecule has 274 valence electrons. The van der Waals surface area contributed by atoms with Gasteiger partial charge in [-0.3, -0.25) is 14.5 Å². The Morgan fingerprint density at radius 3 is 2.06 bits per heavy atom. The average Bonchev–Trinajstić information content (AvgIpc) is 3.54. The van der Waals surface area contributed by atoms with E-state index >= 15 is 0 Å². The number of urea groups is 1. The largest absolute Gasteiger partial charge is 0.418 e. The molecule has 4 N–H and O–H groups in total. The number of piperidine rings is 2. The molecular formula is C33H41F6N7O3S. The standard InChI is InChI=1S/C33H41F6N7O3S/c34-32(35,36)24-16-20(17-25(29(24)40)33(37,38)39)15-21(30(48)45-10-1-22(2-11-45)43-12-6-41-7-13-43)18-28(47)44-8-3-23(4-9-44)46-19-27-26(5-14-50-27)42-31(46)49/h5,14,16-17,21-23,41H,1-4,6-13,15,18-19,40H2,(H,42,49)/t21-/m0/s1. The van der Waals surface area contributed by atoms with Crippen LogP contribution in [0.25, 0.3) is 0 Å². The Labute approximate surface area is 289 Å². The smallest absolute Gasteiger partial charge is 0.398 e. The van der Waals surface area contributed by atoms with Crippen molar-refractivity contribution in [2.75, 3.05) is 63.4 Å². The lowest BCUT2D eigenvalue weighted by molar-refractivity contribution is -0.143. The fourth-order valence-corrected chi connectivity index (χ4v) is 8.47. The number of carbonyl (C=O) groups excluding carboxylic acids is 3. The van der Waals surface area contributed by atoms with Gasteiger partial charge < -0.3 is 31.1 Å². The van der Waals surface area contributed by atoms with Crippen molar-refractivity contribution in [1.29, 1.82) is 0 Å². The van der Waals surface area contributed by atoms with Crippen molar-refractivity contribution in [2.45, 2.75) is 69.5 Å². The van der Waals surface area contributed by atoms with E-state index in [1.165, 1.54) is 0 Å². The third-order valence-corrected chi connectivity index (χ3v) is 11.3. The van der Waals surface area contributed by atoms with Crippen LogP contribution in [0.4, 0.5) is 42.5 Å².